The Morgan fingerprint density at radius 3 is 2.80 bits per heavy atom. The Hall–Kier alpha value is -1.78. The van der Waals surface area contributed by atoms with Gasteiger partial charge in [0.2, 0.25) is 0 Å². The van der Waals surface area contributed by atoms with Gasteiger partial charge in [-0.05, 0) is 19.1 Å². The number of hydrogen-bond acceptors (Lipinski definition) is 4. The maximum Gasteiger partial charge on any atom is 0.340 e. The van der Waals surface area contributed by atoms with E-state index in [1.165, 1.54) is 6.07 Å². The third-order valence-corrected chi connectivity index (χ3v) is 1.90. The second kappa shape index (κ2) is 4.63. The maximum absolute atomic E-state index is 13.2. The molecule has 0 unspecified atom stereocenters. The SMILES string of the molecule is CCOC(=O)c1cc(NC)c(F)cc1N. The number of esters is 1. The summed E-state index contributed by atoms with van der Waals surface area (Å²) < 4.78 is 18.0. The van der Waals surface area contributed by atoms with E-state index < -0.39 is 11.8 Å². The summed E-state index contributed by atoms with van der Waals surface area (Å²) in [6.07, 6.45) is 0. The van der Waals surface area contributed by atoms with Crippen LogP contribution in [-0.2, 0) is 4.74 Å². The Labute approximate surface area is 87.2 Å². The Balaban J connectivity index is 3.12. The predicted octanol–water partition coefficient (Wildman–Crippen LogP) is 1.63. The Bertz CT molecular complexity index is 380. The lowest BCUT2D eigenvalue weighted by molar-refractivity contribution is 0.0527. The number of nitrogens with one attached hydrogen (secondary N) is 1. The number of benzene rings is 1. The van der Waals surface area contributed by atoms with Crippen LogP contribution in [0.1, 0.15) is 17.3 Å². The molecule has 0 radical (unpaired) electrons. The first kappa shape index (κ1) is 11.3. The molecule has 0 bridgehead atoms. The van der Waals surface area contributed by atoms with Crippen LogP contribution in [0, 0.1) is 5.82 Å². The van der Waals surface area contributed by atoms with Crippen LogP contribution in [0.5, 0.6) is 0 Å². The Morgan fingerprint density at radius 1 is 1.60 bits per heavy atom. The van der Waals surface area contributed by atoms with Crippen molar-refractivity contribution in [2.24, 2.45) is 0 Å². The molecule has 0 aliphatic carbocycles. The zero-order valence-corrected chi connectivity index (χ0v) is 8.63. The number of hydrogen-bond donors (Lipinski definition) is 2. The summed E-state index contributed by atoms with van der Waals surface area (Å²) >= 11 is 0. The molecule has 4 nitrogen and oxygen atoms in total. The molecule has 0 aromatic heterocycles. The lowest BCUT2D eigenvalue weighted by atomic mass is 10.1. The molecule has 5 heteroatoms. The quantitative estimate of drug-likeness (QED) is 0.590. The predicted molar refractivity (Wildman–Crippen MR) is 56.3 cm³/mol. The molecule has 0 atom stereocenters. The van der Waals surface area contributed by atoms with E-state index in [-0.39, 0.29) is 23.5 Å². The maximum atomic E-state index is 13.2. The van der Waals surface area contributed by atoms with Gasteiger partial charge in [0.05, 0.1) is 17.9 Å². The van der Waals surface area contributed by atoms with Crippen molar-refractivity contribution in [3.8, 4) is 0 Å². The largest absolute Gasteiger partial charge is 0.462 e. The van der Waals surface area contributed by atoms with E-state index in [2.05, 4.69) is 5.32 Å². The van der Waals surface area contributed by atoms with Gasteiger partial charge in [0, 0.05) is 12.7 Å². The van der Waals surface area contributed by atoms with Gasteiger partial charge in [0.15, 0.2) is 0 Å². The van der Waals surface area contributed by atoms with Crippen molar-refractivity contribution in [3.05, 3.63) is 23.5 Å². The Morgan fingerprint density at radius 2 is 2.27 bits per heavy atom. The van der Waals surface area contributed by atoms with Gasteiger partial charge in [-0.15, -0.1) is 0 Å². The third kappa shape index (κ3) is 2.37. The summed E-state index contributed by atoms with van der Waals surface area (Å²) in [4.78, 5) is 11.4. The molecule has 0 aliphatic heterocycles. The van der Waals surface area contributed by atoms with E-state index in [0.717, 1.165) is 6.07 Å². The monoisotopic (exact) mass is 212 g/mol. The smallest absolute Gasteiger partial charge is 0.340 e. The van der Waals surface area contributed by atoms with Crippen LogP contribution in [0.2, 0.25) is 0 Å². The number of anilines is 2. The summed E-state index contributed by atoms with van der Waals surface area (Å²) in [5.41, 5.74) is 5.97. The van der Waals surface area contributed by atoms with Crippen molar-refractivity contribution in [1.82, 2.24) is 0 Å². The third-order valence-electron chi connectivity index (χ3n) is 1.90. The minimum Gasteiger partial charge on any atom is -0.462 e. The van der Waals surface area contributed by atoms with Crippen LogP contribution in [0.15, 0.2) is 12.1 Å². The zero-order chi connectivity index (χ0) is 11.4. The van der Waals surface area contributed by atoms with E-state index in [0.29, 0.717) is 0 Å². The standard InChI is InChI=1S/C10H13FN2O2/c1-3-15-10(14)6-4-9(13-2)7(11)5-8(6)12/h4-5,13H,3,12H2,1-2H3. The molecule has 15 heavy (non-hydrogen) atoms. The van der Waals surface area contributed by atoms with E-state index in [1.807, 2.05) is 0 Å². The highest BCUT2D eigenvalue weighted by Gasteiger charge is 2.14. The lowest BCUT2D eigenvalue weighted by Crippen LogP contribution is -2.09. The lowest BCUT2D eigenvalue weighted by Gasteiger charge is -2.08. The van der Waals surface area contributed by atoms with Crippen LogP contribution in [0.4, 0.5) is 15.8 Å². The van der Waals surface area contributed by atoms with Crippen molar-refractivity contribution in [3.63, 3.8) is 0 Å². The van der Waals surface area contributed by atoms with Crippen molar-refractivity contribution in [2.75, 3.05) is 24.7 Å². The van der Waals surface area contributed by atoms with E-state index in [1.54, 1.807) is 14.0 Å². The van der Waals surface area contributed by atoms with Crippen molar-refractivity contribution < 1.29 is 13.9 Å². The number of halogens is 1. The van der Waals surface area contributed by atoms with Crippen LogP contribution in [0.3, 0.4) is 0 Å². The van der Waals surface area contributed by atoms with Gasteiger partial charge in [-0.2, -0.15) is 0 Å². The molecular weight excluding hydrogens is 199 g/mol. The number of nitrogen functional groups attached to an aromatic ring is 1. The summed E-state index contributed by atoms with van der Waals surface area (Å²) in [6, 6.07) is 2.43. The first-order chi connectivity index (χ1) is 7.10. The summed E-state index contributed by atoms with van der Waals surface area (Å²) in [5.74, 6) is -1.05. The fraction of sp³-hybridized carbons (Fsp3) is 0.300. The highest BCUT2D eigenvalue weighted by Crippen LogP contribution is 2.22. The van der Waals surface area contributed by atoms with Crippen LogP contribution in [-0.4, -0.2) is 19.6 Å². The van der Waals surface area contributed by atoms with Crippen molar-refractivity contribution in [2.45, 2.75) is 6.92 Å². The normalized spacial score (nSPS) is 9.80. The van der Waals surface area contributed by atoms with E-state index in [9.17, 15) is 9.18 Å². The van der Waals surface area contributed by atoms with Gasteiger partial charge in [0.25, 0.3) is 0 Å². The zero-order valence-electron chi connectivity index (χ0n) is 8.63. The average Bonchev–Trinajstić information content (AvgIpc) is 2.18. The Kier molecular flexibility index (Phi) is 3.49. The fourth-order valence-corrected chi connectivity index (χ4v) is 1.17. The second-order valence-electron chi connectivity index (χ2n) is 2.89. The average molecular weight is 212 g/mol. The topological polar surface area (TPSA) is 64.3 Å². The first-order valence-corrected chi connectivity index (χ1v) is 4.54. The molecule has 1 aromatic carbocycles. The highest BCUT2D eigenvalue weighted by atomic mass is 19.1. The molecule has 0 amide bonds. The number of carbonyl (C=O) groups is 1. The summed E-state index contributed by atoms with van der Waals surface area (Å²) in [6.45, 7) is 1.95. The number of rotatable bonds is 3. The molecule has 82 valence electrons. The molecule has 0 aliphatic rings. The van der Waals surface area contributed by atoms with E-state index in [4.69, 9.17) is 10.5 Å². The second-order valence-corrected chi connectivity index (χ2v) is 2.89. The molecular formula is C10H13FN2O2. The molecule has 0 spiro atoms. The van der Waals surface area contributed by atoms with Gasteiger partial charge in [-0.1, -0.05) is 0 Å². The fourth-order valence-electron chi connectivity index (χ4n) is 1.17. The van der Waals surface area contributed by atoms with Crippen LogP contribution < -0.4 is 11.1 Å². The van der Waals surface area contributed by atoms with Gasteiger partial charge in [0.1, 0.15) is 5.82 Å². The van der Waals surface area contributed by atoms with E-state index >= 15 is 0 Å². The van der Waals surface area contributed by atoms with Crippen LogP contribution >= 0.6 is 0 Å². The first-order valence-electron chi connectivity index (χ1n) is 4.54. The van der Waals surface area contributed by atoms with Crippen LogP contribution in [0.25, 0.3) is 0 Å². The van der Waals surface area contributed by atoms with Crippen molar-refractivity contribution in [1.29, 1.82) is 0 Å². The van der Waals surface area contributed by atoms with Gasteiger partial charge < -0.3 is 15.8 Å². The minimum atomic E-state index is -0.550. The number of carbonyl (C=O) groups excluding carboxylic acids is 1. The minimum absolute atomic E-state index is 0.0740. The molecule has 1 rings (SSSR count). The molecule has 0 fully saturated rings. The molecule has 1 aromatic rings. The van der Waals surface area contributed by atoms with Gasteiger partial charge >= 0.3 is 5.97 Å². The summed E-state index contributed by atoms with van der Waals surface area (Å²) in [7, 11) is 1.56. The highest BCUT2D eigenvalue weighted by molar-refractivity contribution is 5.96. The van der Waals surface area contributed by atoms with Crippen molar-refractivity contribution >= 4 is 17.3 Å². The van der Waals surface area contributed by atoms with Gasteiger partial charge in [-0.3, -0.25) is 0 Å². The molecule has 0 saturated carbocycles. The number of ether oxygens (including phenoxy) is 1. The van der Waals surface area contributed by atoms with Gasteiger partial charge in [-0.25, -0.2) is 9.18 Å². The molecule has 3 N–H and O–H groups in total. The molecule has 0 heterocycles. The number of nitrogens with two attached hydrogens (primary N) is 1. The molecule has 0 saturated heterocycles. The summed E-state index contributed by atoms with van der Waals surface area (Å²) in [5, 5.41) is 2.62.